The van der Waals surface area contributed by atoms with Crippen LogP contribution in [0, 0.1) is 11.8 Å². The first-order chi connectivity index (χ1) is 36.5. The highest BCUT2D eigenvalue weighted by Crippen LogP contribution is 2.30. The lowest BCUT2D eigenvalue weighted by Crippen LogP contribution is -2.56. The average molecular weight is 1090 g/mol. The number of ether oxygens (including phenoxy) is 1. The van der Waals surface area contributed by atoms with E-state index in [1.54, 1.807) is 72.8 Å². The molecule has 5 aromatic rings. The molecule has 406 valence electrons. The third-order valence-corrected chi connectivity index (χ3v) is 16.6. The second kappa shape index (κ2) is 23.2. The quantitative estimate of drug-likeness (QED) is 0.0375. The van der Waals surface area contributed by atoms with Crippen molar-refractivity contribution in [2.24, 2.45) is 17.0 Å². The SMILES string of the molecule is CC(C)C[C@H](N[C@H](CCN1C(=O)c2cc3ccccc3cc2C1=O)C(=O)OC(=O)[C@@H](CCN1C(=O)c2cc3ccccc3cc2C1=O)N[C@@H](CC(C)C)C(=O)NC1CCS(=O)(=O)C1)C(=O)NCc1ccc(S(N)(=O)=O)cc1. The molecule has 1 saturated heterocycles. The minimum atomic E-state index is -3.99. The van der Waals surface area contributed by atoms with Crippen LogP contribution < -0.4 is 26.4 Å². The average Bonchev–Trinajstić information content (AvgIpc) is 4.11. The van der Waals surface area contributed by atoms with Gasteiger partial charge < -0.3 is 15.4 Å². The molecular formula is C55H61N7O13S2. The summed E-state index contributed by atoms with van der Waals surface area (Å²) in [6, 6.07) is 20.2. The zero-order valence-electron chi connectivity index (χ0n) is 42.9. The Morgan fingerprint density at radius 3 is 1.39 bits per heavy atom. The second-order valence-corrected chi connectivity index (χ2v) is 24.4. The molecule has 3 aliphatic heterocycles. The van der Waals surface area contributed by atoms with Gasteiger partial charge in [-0.3, -0.25) is 49.2 Å². The molecule has 8 rings (SSSR count). The van der Waals surface area contributed by atoms with Gasteiger partial charge in [0.15, 0.2) is 9.84 Å². The Labute approximate surface area is 445 Å². The van der Waals surface area contributed by atoms with Crippen molar-refractivity contribution < 1.29 is 59.9 Å². The number of nitrogens with one attached hydrogen (secondary N) is 4. The topological polar surface area (TPSA) is 295 Å². The number of nitrogens with zero attached hydrogens (tertiary/aromatic N) is 2. The van der Waals surface area contributed by atoms with E-state index in [-0.39, 0.29) is 102 Å². The summed E-state index contributed by atoms with van der Waals surface area (Å²) in [5, 5.41) is 19.7. The fourth-order valence-electron chi connectivity index (χ4n) is 9.91. The van der Waals surface area contributed by atoms with Crippen LogP contribution in [-0.4, -0.2) is 129 Å². The van der Waals surface area contributed by atoms with Gasteiger partial charge in [0.25, 0.3) is 23.6 Å². The number of imide groups is 2. The van der Waals surface area contributed by atoms with Crippen molar-refractivity contribution in [2.45, 2.75) is 101 Å². The van der Waals surface area contributed by atoms with Crippen molar-refractivity contribution in [3.63, 3.8) is 0 Å². The maximum atomic E-state index is 14.7. The summed E-state index contributed by atoms with van der Waals surface area (Å²) in [6.45, 7) is 6.48. The fourth-order valence-corrected chi connectivity index (χ4v) is 12.1. The van der Waals surface area contributed by atoms with Gasteiger partial charge in [-0.2, -0.15) is 0 Å². The summed E-state index contributed by atoms with van der Waals surface area (Å²) >= 11 is 0. The summed E-state index contributed by atoms with van der Waals surface area (Å²) < 4.78 is 54.0. The van der Waals surface area contributed by atoms with Crippen LogP contribution in [0.4, 0.5) is 0 Å². The number of primary sulfonamides is 1. The number of sulfone groups is 1. The van der Waals surface area contributed by atoms with Crippen LogP contribution >= 0.6 is 0 Å². The zero-order valence-corrected chi connectivity index (χ0v) is 44.6. The van der Waals surface area contributed by atoms with Gasteiger partial charge in [0, 0.05) is 25.7 Å². The van der Waals surface area contributed by atoms with Crippen LogP contribution in [-0.2, 0) is 50.3 Å². The number of hydrogen-bond acceptors (Lipinski definition) is 15. The molecule has 77 heavy (non-hydrogen) atoms. The Morgan fingerprint density at radius 2 is 1.03 bits per heavy atom. The number of benzene rings is 5. The zero-order chi connectivity index (χ0) is 55.5. The molecule has 0 aromatic heterocycles. The molecule has 6 N–H and O–H groups in total. The van der Waals surface area contributed by atoms with E-state index in [1.807, 2.05) is 27.7 Å². The summed E-state index contributed by atoms with van der Waals surface area (Å²) in [5.41, 5.74) is 1.12. The number of carbonyl (C=O) groups is 8. The van der Waals surface area contributed by atoms with Crippen molar-refractivity contribution >= 4 is 88.8 Å². The van der Waals surface area contributed by atoms with E-state index in [1.165, 1.54) is 24.3 Å². The highest BCUT2D eigenvalue weighted by molar-refractivity contribution is 7.91. The minimum absolute atomic E-state index is 0.0739. The van der Waals surface area contributed by atoms with Gasteiger partial charge in [-0.05, 0) is 107 Å². The Hall–Kier alpha value is -7.24. The van der Waals surface area contributed by atoms with Gasteiger partial charge in [-0.1, -0.05) is 88.4 Å². The van der Waals surface area contributed by atoms with Crippen LogP contribution in [0.15, 0.2) is 102 Å². The first kappa shape index (κ1) is 56.0. The predicted molar refractivity (Wildman–Crippen MR) is 284 cm³/mol. The molecule has 0 saturated carbocycles. The fraction of sp³-hybridized carbons (Fsp3) is 0.382. The van der Waals surface area contributed by atoms with E-state index >= 15 is 0 Å². The molecule has 20 nitrogen and oxygen atoms in total. The van der Waals surface area contributed by atoms with Gasteiger partial charge in [-0.15, -0.1) is 0 Å². The monoisotopic (exact) mass is 1090 g/mol. The summed E-state index contributed by atoms with van der Waals surface area (Å²) in [4.78, 5) is 115. The van der Waals surface area contributed by atoms with Crippen molar-refractivity contribution in [3.05, 3.63) is 125 Å². The predicted octanol–water partition coefficient (Wildman–Crippen LogP) is 3.75. The maximum absolute atomic E-state index is 14.7. The molecule has 6 amide bonds. The van der Waals surface area contributed by atoms with Crippen LogP contribution in [0.5, 0.6) is 0 Å². The summed E-state index contributed by atoms with van der Waals surface area (Å²) in [5.74, 6) is -6.93. The normalized spacial score (nSPS) is 17.7. The molecule has 5 aromatic carbocycles. The highest BCUT2D eigenvalue weighted by Gasteiger charge is 2.41. The Morgan fingerprint density at radius 1 is 0.623 bits per heavy atom. The first-order valence-corrected chi connectivity index (χ1v) is 28.8. The third-order valence-electron chi connectivity index (χ3n) is 13.9. The van der Waals surface area contributed by atoms with Crippen molar-refractivity contribution in [3.8, 4) is 0 Å². The summed E-state index contributed by atoms with van der Waals surface area (Å²) in [6.07, 6.45) is -0.313. The molecule has 22 heteroatoms. The molecule has 0 aliphatic carbocycles. The lowest BCUT2D eigenvalue weighted by atomic mass is 10.0. The second-order valence-electron chi connectivity index (χ2n) is 20.6. The molecule has 0 radical (unpaired) electrons. The van der Waals surface area contributed by atoms with Crippen LogP contribution in [0.3, 0.4) is 0 Å². The lowest BCUT2D eigenvalue weighted by Gasteiger charge is -2.29. The molecule has 3 aliphatic rings. The van der Waals surface area contributed by atoms with Crippen LogP contribution in [0.1, 0.15) is 107 Å². The first-order valence-electron chi connectivity index (χ1n) is 25.4. The van der Waals surface area contributed by atoms with E-state index in [2.05, 4.69) is 21.3 Å². The van der Waals surface area contributed by atoms with E-state index in [4.69, 9.17) is 9.88 Å². The van der Waals surface area contributed by atoms with E-state index in [0.717, 1.165) is 31.3 Å². The summed E-state index contributed by atoms with van der Waals surface area (Å²) in [7, 11) is -7.39. The lowest BCUT2D eigenvalue weighted by molar-refractivity contribution is -0.163. The Bertz CT molecular complexity index is 3310. The van der Waals surface area contributed by atoms with Gasteiger partial charge in [-0.25, -0.2) is 31.6 Å². The number of carbonyl (C=O) groups excluding carboxylic acids is 8. The van der Waals surface area contributed by atoms with Crippen molar-refractivity contribution in [1.82, 2.24) is 31.1 Å². The third kappa shape index (κ3) is 13.1. The number of fused-ring (bicyclic) bond motifs is 4. The molecular weight excluding hydrogens is 1030 g/mol. The molecule has 1 unspecified atom stereocenters. The molecule has 1 fully saturated rings. The van der Waals surface area contributed by atoms with Gasteiger partial charge >= 0.3 is 11.9 Å². The number of hydrogen-bond donors (Lipinski definition) is 5. The van der Waals surface area contributed by atoms with Gasteiger partial charge in [0.2, 0.25) is 21.8 Å². The van der Waals surface area contributed by atoms with Gasteiger partial charge in [0.1, 0.15) is 12.1 Å². The van der Waals surface area contributed by atoms with Crippen LogP contribution in [0.2, 0.25) is 0 Å². The van der Waals surface area contributed by atoms with Gasteiger partial charge in [0.05, 0.1) is 50.7 Å². The van der Waals surface area contributed by atoms with E-state index in [0.29, 0.717) is 5.56 Å². The smallest absolute Gasteiger partial charge is 0.330 e. The van der Waals surface area contributed by atoms with E-state index < -0.39 is 97.5 Å². The molecule has 0 bridgehead atoms. The molecule has 3 heterocycles. The number of nitrogens with two attached hydrogens (primary N) is 1. The standard InChI is InChI=1S/C55H61N7O13S2/c1-31(2)23-46(48(63)57-29-33-13-15-39(16-14-33)77(56,73)74)59-44(17-20-61-50(65)40-25-34-9-5-6-10-35(34)26-41(40)51(61)66)54(69)75-55(70)45(60-47(24-32(3)4)49(64)58-38-19-22-76(71,72)30-38)18-21-62-52(67)42-27-36-11-7-8-12-37(36)28-43(42)53(62)68/h5-16,25-28,31-32,38,44-47,59-60H,17-24,29-30H2,1-4H3,(H,57,63)(H,58,64)(H2,56,73,74)/t38?,44-,45-,46+,47+/m1/s1. The van der Waals surface area contributed by atoms with Crippen LogP contribution in [0.25, 0.3) is 21.5 Å². The Balaban J connectivity index is 1.07. The maximum Gasteiger partial charge on any atom is 0.330 e. The van der Waals surface area contributed by atoms with Crippen molar-refractivity contribution in [1.29, 1.82) is 0 Å². The number of amides is 6. The number of sulfonamides is 1. The molecule has 0 spiro atoms. The molecule has 5 atom stereocenters. The van der Waals surface area contributed by atoms with Crippen molar-refractivity contribution in [2.75, 3.05) is 24.6 Å². The Kier molecular flexibility index (Phi) is 16.8. The van der Waals surface area contributed by atoms with E-state index in [9.17, 15) is 55.2 Å². The number of esters is 2. The minimum Gasteiger partial charge on any atom is -0.391 e. The largest absolute Gasteiger partial charge is 0.391 e. The number of rotatable bonds is 22. The highest BCUT2D eigenvalue weighted by atomic mass is 32.2.